The standard InChI is InChI=1S/C13H12BrNO2/c14-10-6-7-17-13(10)12(16)8-11(15)9-4-2-1-3-5-9/h1-7,11H,8,15H2. The summed E-state index contributed by atoms with van der Waals surface area (Å²) in [6.07, 6.45) is 1.71. The van der Waals surface area contributed by atoms with Crippen LogP contribution in [0.2, 0.25) is 0 Å². The van der Waals surface area contributed by atoms with Crippen molar-refractivity contribution in [2.24, 2.45) is 5.73 Å². The molecule has 17 heavy (non-hydrogen) atoms. The quantitative estimate of drug-likeness (QED) is 0.880. The molecule has 88 valence electrons. The van der Waals surface area contributed by atoms with E-state index in [1.54, 1.807) is 6.07 Å². The highest BCUT2D eigenvalue weighted by atomic mass is 79.9. The first-order valence-corrected chi connectivity index (χ1v) is 6.04. The molecular formula is C13H12BrNO2. The second-order valence-electron chi connectivity index (χ2n) is 3.74. The molecule has 4 heteroatoms. The van der Waals surface area contributed by atoms with E-state index in [0.29, 0.717) is 10.2 Å². The number of furan rings is 1. The third-order valence-corrected chi connectivity index (χ3v) is 3.13. The van der Waals surface area contributed by atoms with Crippen LogP contribution >= 0.6 is 15.9 Å². The highest BCUT2D eigenvalue weighted by Gasteiger charge is 2.18. The van der Waals surface area contributed by atoms with Crippen molar-refractivity contribution in [3.05, 3.63) is 58.5 Å². The molecule has 2 N–H and O–H groups in total. The fraction of sp³-hybridized carbons (Fsp3) is 0.154. The van der Waals surface area contributed by atoms with Gasteiger partial charge in [-0.3, -0.25) is 4.79 Å². The number of ketones is 1. The monoisotopic (exact) mass is 293 g/mol. The van der Waals surface area contributed by atoms with E-state index in [0.717, 1.165) is 5.56 Å². The molecule has 0 aliphatic heterocycles. The van der Waals surface area contributed by atoms with Gasteiger partial charge in [-0.1, -0.05) is 30.3 Å². The summed E-state index contributed by atoms with van der Waals surface area (Å²) in [6.45, 7) is 0. The van der Waals surface area contributed by atoms with E-state index in [4.69, 9.17) is 10.2 Å². The molecule has 0 spiro atoms. The van der Waals surface area contributed by atoms with Crippen LogP contribution in [0.5, 0.6) is 0 Å². The van der Waals surface area contributed by atoms with Gasteiger partial charge in [0, 0.05) is 12.5 Å². The summed E-state index contributed by atoms with van der Waals surface area (Å²) >= 11 is 3.26. The highest BCUT2D eigenvalue weighted by molar-refractivity contribution is 9.10. The van der Waals surface area contributed by atoms with Crippen LogP contribution in [0.4, 0.5) is 0 Å². The number of carbonyl (C=O) groups excluding carboxylic acids is 1. The molecule has 0 radical (unpaired) electrons. The van der Waals surface area contributed by atoms with Gasteiger partial charge in [0.25, 0.3) is 0 Å². The van der Waals surface area contributed by atoms with Gasteiger partial charge in [-0.05, 0) is 27.6 Å². The lowest BCUT2D eigenvalue weighted by Gasteiger charge is -2.10. The van der Waals surface area contributed by atoms with Gasteiger partial charge in [-0.25, -0.2) is 0 Å². The lowest BCUT2D eigenvalue weighted by atomic mass is 10.0. The van der Waals surface area contributed by atoms with Crippen molar-refractivity contribution in [1.82, 2.24) is 0 Å². The second kappa shape index (κ2) is 5.29. The predicted octanol–water partition coefficient (Wildman–Crippen LogP) is 3.31. The average molecular weight is 294 g/mol. The van der Waals surface area contributed by atoms with E-state index in [1.807, 2.05) is 30.3 Å². The number of halogens is 1. The molecule has 0 aliphatic carbocycles. The third kappa shape index (κ3) is 2.84. The van der Waals surface area contributed by atoms with E-state index in [9.17, 15) is 4.79 Å². The van der Waals surface area contributed by atoms with Gasteiger partial charge in [0.05, 0.1) is 10.7 Å². The molecule has 1 aromatic heterocycles. The van der Waals surface area contributed by atoms with Crippen molar-refractivity contribution < 1.29 is 9.21 Å². The van der Waals surface area contributed by atoms with Crippen molar-refractivity contribution in [3.63, 3.8) is 0 Å². The summed E-state index contributed by atoms with van der Waals surface area (Å²) in [4.78, 5) is 11.9. The lowest BCUT2D eigenvalue weighted by Crippen LogP contribution is -2.15. The summed E-state index contributed by atoms with van der Waals surface area (Å²) < 4.78 is 5.78. The lowest BCUT2D eigenvalue weighted by molar-refractivity contribution is 0.0946. The summed E-state index contributed by atoms with van der Waals surface area (Å²) in [7, 11) is 0. The van der Waals surface area contributed by atoms with E-state index < -0.39 is 0 Å². The van der Waals surface area contributed by atoms with Crippen molar-refractivity contribution in [1.29, 1.82) is 0 Å². The first kappa shape index (κ1) is 12.1. The normalized spacial score (nSPS) is 12.4. The van der Waals surface area contributed by atoms with Crippen LogP contribution < -0.4 is 5.73 Å². The van der Waals surface area contributed by atoms with Crippen LogP contribution in [0, 0.1) is 0 Å². The zero-order chi connectivity index (χ0) is 12.3. The Balaban J connectivity index is 2.08. The fourth-order valence-electron chi connectivity index (χ4n) is 1.60. The number of Topliss-reactive ketones (excluding diaryl/α,β-unsaturated/α-hetero) is 1. The molecule has 0 bridgehead atoms. The Bertz CT molecular complexity index is 507. The van der Waals surface area contributed by atoms with Crippen LogP contribution in [-0.4, -0.2) is 5.78 Å². The maximum absolute atomic E-state index is 11.9. The van der Waals surface area contributed by atoms with E-state index in [1.165, 1.54) is 6.26 Å². The van der Waals surface area contributed by atoms with E-state index in [-0.39, 0.29) is 18.2 Å². The van der Waals surface area contributed by atoms with Gasteiger partial charge in [0.2, 0.25) is 5.78 Å². The van der Waals surface area contributed by atoms with Crippen LogP contribution in [-0.2, 0) is 0 Å². The highest BCUT2D eigenvalue weighted by Crippen LogP contribution is 2.22. The predicted molar refractivity (Wildman–Crippen MR) is 68.7 cm³/mol. The first-order chi connectivity index (χ1) is 8.18. The smallest absolute Gasteiger partial charge is 0.201 e. The van der Waals surface area contributed by atoms with E-state index in [2.05, 4.69) is 15.9 Å². The van der Waals surface area contributed by atoms with Gasteiger partial charge >= 0.3 is 0 Å². The molecule has 3 nitrogen and oxygen atoms in total. The molecule has 0 saturated heterocycles. The van der Waals surface area contributed by atoms with Crippen LogP contribution in [0.3, 0.4) is 0 Å². The molecule has 1 unspecified atom stereocenters. The van der Waals surface area contributed by atoms with Gasteiger partial charge in [-0.2, -0.15) is 0 Å². The van der Waals surface area contributed by atoms with Gasteiger partial charge < -0.3 is 10.2 Å². The Morgan fingerprint density at radius 3 is 2.59 bits per heavy atom. The minimum Gasteiger partial charge on any atom is -0.460 e. The van der Waals surface area contributed by atoms with Gasteiger partial charge in [-0.15, -0.1) is 0 Å². The first-order valence-electron chi connectivity index (χ1n) is 5.25. The van der Waals surface area contributed by atoms with Crippen LogP contribution in [0.15, 0.2) is 51.6 Å². The fourth-order valence-corrected chi connectivity index (χ4v) is 2.03. The number of nitrogens with two attached hydrogens (primary N) is 1. The maximum atomic E-state index is 11.9. The molecule has 0 aliphatic rings. The van der Waals surface area contributed by atoms with Gasteiger partial charge in [0.15, 0.2) is 5.76 Å². The number of hydrogen-bond donors (Lipinski definition) is 1. The summed E-state index contributed by atoms with van der Waals surface area (Å²) in [5.74, 6) is 0.231. The van der Waals surface area contributed by atoms with Crippen LogP contribution in [0.1, 0.15) is 28.6 Å². The number of rotatable bonds is 4. The number of carbonyl (C=O) groups is 1. The van der Waals surface area contributed by atoms with Gasteiger partial charge in [0.1, 0.15) is 0 Å². The average Bonchev–Trinajstić information content (AvgIpc) is 2.76. The molecule has 1 aromatic carbocycles. The number of hydrogen-bond acceptors (Lipinski definition) is 3. The topological polar surface area (TPSA) is 56.2 Å². The zero-order valence-corrected chi connectivity index (χ0v) is 10.7. The Hall–Kier alpha value is -1.39. The third-order valence-electron chi connectivity index (χ3n) is 2.50. The summed E-state index contributed by atoms with van der Waals surface area (Å²) in [6, 6.07) is 10.9. The Labute approximate surface area is 108 Å². The molecule has 2 rings (SSSR count). The summed E-state index contributed by atoms with van der Waals surface area (Å²) in [5.41, 5.74) is 6.92. The van der Waals surface area contributed by atoms with E-state index >= 15 is 0 Å². The Kier molecular flexibility index (Phi) is 3.76. The maximum Gasteiger partial charge on any atom is 0.201 e. The molecule has 0 amide bonds. The van der Waals surface area contributed by atoms with Crippen molar-refractivity contribution in [2.45, 2.75) is 12.5 Å². The molecule has 1 atom stereocenters. The van der Waals surface area contributed by atoms with Crippen LogP contribution in [0.25, 0.3) is 0 Å². The molecule has 1 heterocycles. The molecule has 0 fully saturated rings. The molecule has 2 aromatic rings. The second-order valence-corrected chi connectivity index (χ2v) is 4.60. The molecular weight excluding hydrogens is 282 g/mol. The Morgan fingerprint density at radius 1 is 1.29 bits per heavy atom. The largest absolute Gasteiger partial charge is 0.460 e. The zero-order valence-electron chi connectivity index (χ0n) is 9.10. The van der Waals surface area contributed by atoms with Crippen molar-refractivity contribution in [2.75, 3.05) is 0 Å². The Morgan fingerprint density at radius 2 is 2.00 bits per heavy atom. The number of benzene rings is 1. The van der Waals surface area contributed by atoms with Crippen molar-refractivity contribution >= 4 is 21.7 Å². The SMILES string of the molecule is NC(CC(=O)c1occc1Br)c1ccccc1. The minimum atomic E-state index is -0.305. The minimum absolute atomic E-state index is 0.0989. The van der Waals surface area contributed by atoms with Crippen molar-refractivity contribution in [3.8, 4) is 0 Å². The molecule has 0 saturated carbocycles. The summed E-state index contributed by atoms with van der Waals surface area (Å²) in [5, 5.41) is 0.